The second-order valence-corrected chi connectivity index (χ2v) is 7.05. The average Bonchev–Trinajstić information content (AvgIpc) is 2.28. The van der Waals surface area contributed by atoms with E-state index in [2.05, 4.69) is 27.9 Å². The van der Waals surface area contributed by atoms with Crippen LogP contribution in [0.3, 0.4) is 0 Å². The van der Waals surface area contributed by atoms with Gasteiger partial charge in [-0.25, -0.2) is 4.79 Å². The predicted molar refractivity (Wildman–Crippen MR) is 91.5 cm³/mol. The van der Waals surface area contributed by atoms with Crippen LogP contribution >= 0.6 is 34.2 Å². The fraction of sp³-hybridized carbons (Fsp3) is 0.267. The number of carbonyl (C=O) groups is 1. The number of hydrogen-bond donors (Lipinski definition) is 1. The largest absolute Gasteiger partial charge is 0.444 e. The van der Waals surface area contributed by atoms with Crippen molar-refractivity contribution in [3.05, 3.63) is 38.9 Å². The molecule has 0 spiro atoms. The van der Waals surface area contributed by atoms with Crippen molar-refractivity contribution >= 4 is 56.7 Å². The Morgan fingerprint density at radius 2 is 1.90 bits per heavy atom. The summed E-state index contributed by atoms with van der Waals surface area (Å²) < 4.78 is 6.20. The van der Waals surface area contributed by atoms with Crippen LogP contribution in [0.5, 0.6) is 0 Å². The molecule has 0 fully saturated rings. The van der Waals surface area contributed by atoms with Gasteiger partial charge in [0.2, 0.25) is 0 Å². The van der Waals surface area contributed by atoms with Crippen LogP contribution in [0.4, 0.5) is 10.5 Å². The van der Waals surface area contributed by atoms with Crippen molar-refractivity contribution in [3.8, 4) is 0 Å². The summed E-state index contributed by atoms with van der Waals surface area (Å²) in [5.41, 5.74) is 0.199. The molecule has 0 saturated carbocycles. The molecule has 0 aliphatic carbocycles. The standard InChI is InChI=1S/C15H15ClINO2/c1-15(2,3)20-14(19)18-13-8-10-6-11(16)5-4-9(10)7-12(13)17/h4-8H,1-3H3,(H,18,19). The van der Waals surface area contributed by atoms with E-state index in [4.69, 9.17) is 16.3 Å². The molecule has 0 bridgehead atoms. The summed E-state index contributed by atoms with van der Waals surface area (Å²) >= 11 is 8.17. The first-order valence-electron chi connectivity index (χ1n) is 6.13. The van der Waals surface area contributed by atoms with Crippen molar-refractivity contribution in [3.63, 3.8) is 0 Å². The van der Waals surface area contributed by atoms with Gasteiger partial charge in [-0.05, 0) is 78.4 Å². The summed E-state index contributed by atoms with van der Waals surface area (Å²) in [5.74, 6) is 0. The van der Waals surface area contributed by atoms with Crippen LogP contribution in [0, 0.1) is 3.57 Å². The Labute approximate surface area is 136 Å². The zero-order chi connectivity index (χ0) is 14.9. The molecule has 0 saturated heterocycles. The fourth-order valence-corrected chi connectivity index (χ4v) is 2.56. The van der Waals surface area contributed by atoms with Gasteiger partial charge in [-0.15, -0.1) is 0 Å². The lowest BCUT2D eigenvalue weighted by Crippen LogP contribution is -2.27. The van der Waals surface area contributed by atoms with Crippen molar-refractivity contribution in [2.75, 3.05) is 5.32 Å². The van der Waals surface area contributed by atoms with Crippen molar-refractivity contribution in [1.82, 2.24) is 0 Å². The third-order valence-electron chi connectivity index (χ3n) is 2.52. The molecule has 3 nitrogen and oxygen atoms in total. The third kappa shape index (κ3) is 3.99. The molecule has 0 aliphatic rings. The Morgan fingerprint density at radius 3 is 2.55 bits per heavy atom. The van der Waals surface area contributed by atoms with E-state index in [9.17, 15) is 4.79 Å². The maximum absolute atomic E-state index is 11.8. The average molecular weight is 404 g/mol. The summed E-state index contributed by atoms with van der Waals surface area (Å²) in [5, 5.41) is 5.49. The second kappa shape index (κ2) is 5.77. The van der Waals surface area contributed by atoms with Gasteiger partial charge in [0.25, 0.3) is 0 Å². The van der Waals surface area contributed by atoms with Crippen LogP contribution in [0.2, 0.25) is 5.02 Å². The molecule has 5 heteroatoms. The summed E-state index contributed by atoms with van der Waals surface area (Å²) in [4.78, 5) is 11.8. The Balaban J connectivity index is 2.30. The van der Waals surface area contributed by atoms with Crippen molar-refractivity contribution < 1.29 is 9.53 Å². The Bertz CT molecular complexity index is 665. The third-order valence-corrected chi connectivity index (χ3v) is 3.65. The molecule has 106 valence electrons. The highest BCUT2D eigenvalue weighted by Gasteiger charge is 2.17. The van der Waals surface area contributed by atoms with Gasteiger partial charge in [0.05, 0.1) is 5.69 Å². The number of fused-ring (bicyclic) bond motifs is 1. The number of benzene rings is 2. The maximum Gasteiger partial charge on any atom is 0.412 e. The Morgan fingerprint density at radius 1 is 1.20 bits per heavy atom. The van der Waals surface area contributed by atoms with Crippen molar-refractivity contribution in [1.29, 1.82) is 0 Å². The molecule has 0 aliphatic heterocycles. The molecule has 2 aromatic carbocycles. The van der Waals surface area contributed by atoms with Crippen LogP contribution in [0.25, 0.3) is 10.8 Å². The van der Waals surface area contributed by atoms with Crippen molar-refractivity contribution in [2.24, 2.45) is 0 Å². The molecule has 1 N–H and O–H groups in total. The van der Waals surface area contributed by atoms with E-state index in [1.54, 1.807) is 0 Å². The minimum Gasteiger partial charge on any atom is -0.444 e. The molecule has 0 radical (unpaired) electrons. The van der Waals surface area contributed by atoms with Gasteiger partial charge < -0.3 is 4.74 Å². The first-order chi connectivity index (χ1) is 9.24. The second-order valence-electron chi connectivity index (χ2n) is 5.45. The zero-order valence-corrected chi connectivity index (χ0v) is 14.4. The minimum atomic E-state index is -0.518. The van der Waals surface area contributed by atoms with E-state index in [0.29, 0.717) is 5.02 Å². The highest BCUT2D eigenvalue weighted by Crippen LogP contribution is 2.28. The quantitative estimate of drug-likeness (QED) is 0.643. The van der Waals surface area contributed by atoms with E-state index in [1.165, 1.54) is 0 Å². The topological polar surface area (TPSA) is 38.3 Å². The highest BCUT2D eigenvalue weighted by molar-refractivity contribution is 14.1. The lowest BCUT2D eigenvalue weighted by molar-refractivity contribution is 0.0636. The molecular weight excluding hydrogens is 389 g/mol. The smallest absolute Gasteiger partial charge is 0.412 e. The number of rotatable bonds is 1. The summed E-state index contributed by atoms with van der Waals surface area (Å²) in [6.45, 7) is 5.49. The van der Waals surface area contributed by atoms with Gasteiger partial charge >= 0.3 is 6.09 Å². The van der Waals surface area contributed by atoms with E-state index < -0.39 is 11.7 Å². The lowest BCUT2D eigenvalue weighted by atomic mass is 10.1. The molecule has 1 amide bonds. The van der Waals surface area contributed by atoms with E-state index in [1.807, 2.05) is 51.1 Å². The predicted octanol–water partition coefficient (Wildman–Crippen LogP) is 5.44. The van der Waals surface area contributed by atoms with E-state index >= 15 is 0 Å². The first kappa shape index (κ1) is 15.4. The number of amides is 1. The Hall–Kier alpha value is -1.01. The van der Waals surface area contributed by atoms with Gasteiger partial charge in [-0.2, -0.15) is 0 Å². The molecule has 0 heterocycles. The van der Waals surface area contributed by atoms with Gasteiger partial charge in [0.1, 0.15) is 5.60 Å². The zero-order valence-electron chi connectivity index (χ0n) is 11.5. The minimum absolute atomic E-state index is 0.461. The normalized spacial score (nSPS) is 11.4. The van der Waals surface area contributed by atoms with Crippen LogP contribution in [-0.4, -0.2) is 11.7 Å². The molecule has 0 unspecified atom stereocenters. The number of anilines is 1. The highest BCUT2D eigenvalue weighted by atomic mass is 127. The molecule has 0 aromatic heterocycles. The van der Waals surface area contributed by atoms with Crippen LogP contribution in [-0.2, 0) is 4.74 Å². The van der Waals surface area contributed by atoms with Crippen LogP contribution < -0.4 is 5.32 Å². The molecule has 2 aromatic rings. The Kier molecular flexibility index (Phi) is 4.44. The van der Waals surface area contributed by atoms with E-state index in [0.717, 1.165) is 20.0 Å². The van der Waals surface area contributed by atoms with Gasteiger partial charge in [-0.1, -0.05) is 17.7 Å². The number of nitrogens with one attached hydrogen (secondary N) is 1. The summed E-state index contributed by atoms with van der Waals surface area (Å²) in [7, 11) is 0. The van der Waals surface area contributed by atoms with Crippen molar-refractivity contribution in [2.45, 2.75) is 26.4 Å². The lowest BCUT2D eigenvalue weighted by Gasteiger charge is -2.20. The van der Waals surface area contributed by atoms with Gasteiger partial charge in [0, 0.05) is 8.59 Å². The van der Waals surface area contributed by atoms with Crippen LogP contribution in [0.1, 0.15) is 20.8 Å². The first-order valence-corrected chi connectivity index (χ1v) is 7.59. The number of hydrogen-bond acceptors (Lipinski definition) is 2. The number of ether oxygens (including phenoxy) is 1. The summed E-state index contributed by atoms with van der Waals surface area (Å²) in [6.07, 6.45) is -0.461. The number of carbonyl (C=O) groups excluding carboxylic acids is 1. The summed E-state index contributed by atoms with van der Waals surface area (Å²) in [6, 6.07) is 9.57. The van der Waals surface area contributed by atoms with E-state index in [-0.39, 0.29) is 0 Å². The number of halogens is 2. The van der Waals surface area contributed by atoms with Crippen LogP contribution in [0.15, 0.2) is 30.3 Å². The molecule has 2 rings (SSSR count). The monoisotopic (exact) mass is 403 g/mol. The fourth-order valence-electron chi connectivity index (χ4n) is 1.75. The molecule has 0 atom stereocenters. The van der Waals surface area contributed by atoms with Gasteiger partial charge in [-0.3, -0.25) is 5.32 Å². The molecular formula is C15H15ClINO2. The maximum atomic E-state index is 11.8. The molecule has 20 heavy (non-hydrogen) atoms. The van der Waals surface area contributed by atoms with Gasteiger partial charge in [0.15, 0.2) is 0 Å². The SMILES string of the molecule is CC(C)(C)OC(=O)Nc1cc2cc(Cl)ccc2cc1I.